The maximum Gasteiger partial charge on any atom is 0.435 e. The third-order valence-electron chi connectivity index (χ3n) is 3.95. The number of hydrogen-bond acceptors (Lipinski definition) is 6. The summed E-state index contributed by atoms with van der Waals surface area (Å²) in [6.45, 7) is 4.07. The van der Waals surface area contributed by atoms with Crippen LogP contribution in [-0.2, 0) is 10.9 Å². The number of rotatable bonds is 7. The summed E-state index contributed by atoms with van der Waals surface area (Å²) in [5, 5.41) is 3.60. The smallest absolute Gasteiger partial charge is 0.435 e. The SMILES string of the molecule is CCCN=CC(=C(C)n1ccc(C(F)(F)F)n1)c1cnc(OC)c(C(=O)OC)c1. The van der Waals surface area contributed by atoms with Crippen LogP contribution in [0.3, 0.4) is 0 Å². The fraction of sp³-hybridized carbons (Fsp3) is 0.368. The molecule has 0 unspecified atom stereocenters. The zero-order valence-electron chi connectivity index (χ0n) is 16.4. The van der Waals surface area contributed by atoms with Crippen LogP contribution in [0.1, 0.15) is 41.9 Å². The summed E-state index contributed by atoms with van der Waals surface area (Å²) in [4.78, 5) is 20.4. The lowest BCUT2D eigenvalue weighted by molar-refractivity contribution is -0.141. The number of alkyl halides is 3. The molecule has 2 heterocycles. The predicted octanol–water partition coefficient (Wildman–Crippen LogP) is 3.96. The highest BCUT2D eigenvalue weighted by Crippen LogP contribution is 2.29. The van der Waals surface area contributed by atoms with Crippen LogP contribution in [0.4, 0.5) is 13.2 Å². The maximum atomic E-state index is 12.9. The molecule has 2 rings (SSSR count). The minimum Gasteiger partial charge on any atom is -0.480 e. The molecular formula is C19H21F3N4O3. The number of carbonyl (C=O) groups excluding carboxylic acids is 1. The van der Waals surface area contributed by atoms with Gasteiger partial charge in [-0.05, 0) is 25.5 Å². The normalized spacial score (nSPS) is 12.8. The molecule has 7 nitrogen and oxygen atoms in total. The highest BCUT2D eigenvalue weighted by Gasteiger charge is 2.33. The van der Waals surface area contributed by atoms with Crippen molar-refractivity contribution in [2.75, 3.05) is 20.8 Å². The van der Waals surface area contributed by atoms with Crippen LogP contribution in [0.25, 0.3) is 11.3 Å². The molecule has 0 radical (unpaired) electrons. The summed E-state index contributed by atoms with van der Waals surface area (Å²) in [5.41, 5.74) is 0.356. The summed E-state index contributed by atoms with van der Waals surface area (Å²) >= 11 is 0. The number of ether oxygens (including phenoxy) is 2. The summed E-state index contributed by atoms with van der Waals surface area (Å²) < 4.78 is 49.7. The van der Waals surface area contributed by atoms with E-state index in [4.69, 9.17) is 9.47 Å². The molecule has 0 N–H and O–H groups in total. The third kappa shape index (κ3) is 5.21. The second kappa shape index (κ2) is 9.35. The van der Waals surface area contributed by atoms with Gasteiger partial charge in [0, 0.05) is 42.0 Å². The van der Waals surface area contributed by atoms with Crippen molar-refractivity contribution in [3.8, 4) is 5.88 Å². The van der Waals surface area contributed by atoms with Crippen molar-refractivity contribution in [2.45, 2.75) is 26.4 Å². The topological polar surface area (TPSA) is 78.6 Å². The van der Waals surface area contributed by atoms with Crippen LogP contribution < -0.4 is 4.74 Å². The molecule has 29 heavy (non-hydrogen) atoms. The lowest BCUT2D eigenvalue weighted by Gasteiger charge is -2.12. The lowest BCUT2D eigenvalue weighted by Crippen LogP contribution is -2.09. The molecule has 10 heteroatoms. The summed E-state index contributed by atoms with van der Waals surface area (Å²) in [6, 6.07) is 2.37. The van der Waals surface area contributed by atoms with E-state index in [-0.39, 0.29) is 11.4 Å². The van der Waals surface area contributed by atoms with E-state index < -0.39 is 17.8 Å². The Kier molecular flexibility index (Phi) is 7.13. The summed E-state index contributed by atoms with van der Waals surface area (Å²) in [6.07, 6.45) is 0.414. The lowest BCUT2D eigenvalue weighted by atomic mass is 10.0. The minimum absolute atomic E-state index is 0.0709. The van der Waals surface area contributed by atoms with Crippen molar-refractivity contribution in [3.05, 3.63) is 41.3 Å². The van der Waals surface area contributed by atoms with Gasteiger partial charge in [-0.3, -0.25) is 4.99 Å². The van der Waals surface area contributed by atoms with Crippen LogP contribution in [0.15, 0.2) is 29.5 Å². The van der Waals surface area contributed by atoms with E-state index in [9.17, 15) is 18.0 Å². The number of hydrogen-bond donors (Lipinski definition) is 0. The number of esters is 1. The Bertz CT molecular complexity index is 933. The average Bonchev–Trinajstić information content (AvgIpc) is 3.20. The first-order chi connectivity index (χ1) is 13.7. The van der Waals surface area contributed by atoms with E-state index in [0.29, 0.717) is 23.4 Å². The van der Waals surface area contributed by atoms with Gasteiger partial charge in [0.1, 0.15) is 5.56 Å². The Morgan fingerprint density at radius 2 is 2.07 bits per heavy atom. The number of carbonyl (C=O) groups is 1. The summed E-state index contributed by atoms with van der Waals surface area (Å²) in [5.74, 6) is -0.585. The Hall–Kier alpha value is -3.17. The molecular weight excluding hydrogens is 389 g/mol. The third-order valence-corrected chi connectivity index (χ3v) is 3.95. The summed E-state index contributed by atoms with van der Waals surface area (Å²) in [7, 11) is 2.59. The second-order valence-electron chi connectivity index (χ2n) is 5.95. The highest BCUT2D eigenvalue weighted by atomic mass is 19.4. The molecule has 0 aliphatic rings. The van der Waals surface area contributed by atoms with Crippen molar-refractivity contribution in [3.63, 3.8) is 0 Å². The predicted molar refractivity (Wildman–Crippen MR) is 102 cm³/mol. The number of nitrogens with zero attached hydrogens (tertiary/aromatic N) is 4. The first-order valence-corrected chi connectivity index (χ1v) is 8.69. The van der Waals surface area contributed by atoms with E-state index in [2.05, 4.69) is 15.1 Å². The van der Waals surface area contributed by atoms with Gasteiger partial charge in [0.2, 0.25) is 5.88 Å². The minimum atomic E-state index is -4.55. The molecule has 156 valence electrons. The first kappa shape index (κ1) is 22.1. The van der Waals surface area contributed by atoms with Crippen molar-refractivity contribution in [1.29, 1.82) is 0 Å². The van der Waals surface area contributed by atoms with Gasteiger partial charge < -0.3 is 9.47 Å². The fourth-order valence-electron chi connectivity index (χ4n) is 2.47. The van der Waals surface area contributed by atoms with Gasteiger partial charge in [0.25, 0.3) is 0 Å². The second-order valence-corrected chi connectivity index (χ2v) is 5.95. The van der Waals surface area contributed by atoms with Gasteiger partial charge in [-0.2, -0.15) is 18.3 Å². The monoisotopic (exact) mass is 410 g/mol. The largest absolute Gasteiger partial charge is 0.480 e. The van der Waals surface area contributed by atoms with E-state index in [1.165, 1.54) is 38.9 Å². The number of pyridine rings is 1. The van der Waals surface area contributed by atoms with Gasteiger partial charge in [-0.25, -0.2) is 14.5 Å². The van der Waals surface area contributed by atoms with Gasteiger partial charge in [-0.15, -0.1) is 0 Å². The number of allylic oxidation sites excluding steroid dienone is 2. The Morgan fingerprint density at radius 1 is 1.34 bits per heavy atom. The van der Waals surface area contributed by atoms with E-state index >= 15 is 0 Å². The zero-order valence-corrected chi connectivity index (χ0v) is 16.4. The number of aromatic nitrogens is 3. The molecule has 0 saturated carbocycles. The molecule has 0 aliphatic heterocycles. The molecule has 0 spiro atoms. The maximum absolute atomic E-state index is 12.9. The van der Waals surface area contributed by atoms with E-state index in [1.54, 1.807) is 6.92 Å². The Labute approximate surface area is 165 Å². The van der Waals surface area contributed by atoms with Crippen molar-refractivity contribution < 1.29 is 27.4 Å². The molecule has 2 aromatic rings. The fourth-order valence-corrected chi connectivity index (χ4v) is 2.47. The molecule has 0 amide bonds. The zero-order chi connectivity index (χ0) is 21.6. The highest BCUT2D eigenvalue weighted by molar-refractivity contribution is 6.17. The van der Waals surface area contributed by atoms with Gasteiger partial charge >= 0.3 is 12.1 Å². The molecule has 2 aromatic heterocycles. The Balaban J connectivity index is 2.63. The average molecular weight is 410 g/mol. The molecule has 0 aliphatic carbocycles. The molecule has 0 fully saturated rings. The van der Waals surface area contributed by atoms with Crippen molar-refractivity contribution >= 4 is 23.5 Å². The molecule has 0 bridgehead atoms. The van der Waals surface area contributed by atoms with Crippen LogP contribution in [-0.4, -0.2) is 47.7 Å². The van der Waals surface area contributed by atoms with Gasteiger partial charge in [0.15, 0.2) is 5.69 Å². The Morgan fingerprint density at radius 3 is 2.62 bits per heavy atom. The molecule has 0 aromatic carbocycles. The number of aliphatic imine (C=N–C) groups is 1. The van der Waals surface area contributed by atoms with Crippen LogP contribution in [0.5, 0.6) is 5.88 Å². The van der Waals surface area contributed by atoms with E-state index in [0.717, 1.165) is 17.2 Å². The first-order valence-electron chi connectivity index (χ1n) is 8.69. The van der Waals surface area contributed by atoms with Gasteiger partial charge in [0.05, 0.1) is 14.2 Å². The van der Waals surface area contributed by atoms with Crippen LogP contribution in [0, 0.1) is 0 Å². The number of methoxy groups -OCH3 is 2. The van der Waals surface area contributed by atoms with Gasteiger partial charge in [-0.1, -0.05) is 6.92 Å². The quantitative estimate of drug-likeness (QED) is 0.510. The molecule has 0 atom stereocenters. The van der Waals surface area contributed by atoms with Crippen LogP contribution >= 0.6 is 0 Å². The standard InChI is InChI=1S/C19H21F3N4O3/c1-5-7-23-11-15(12(2)26-8-6-16(25-26)19(20,21)22)13-9-14(18(27)29-4)17(28-3)24-10-13/h6,8-11H,5,7H2,1-4H3. The van der Waals surface area contributed by atoms with Crippen LogP contribution in [0.2, 0.25) is 0 Å². The molecule has 0 saturated heterocycles. The van der Waals surface area contributed by atoms with Crippen molar-refractivity contribution in [1.82, 2.24) is 14.8 Å². The van der Waals surface area contributed by atoms with Crippen molar-refractivity contribution in [2.24, 2.45) is 4.99 Å². The number of halogens is 3. The van der Waals surface area contributed by atoms with E-state index in [1.807, 2.05) is 6.92 Å².